The maximum atomic E-state index is 6.28. The number of halogens is 2. The molecule has 0 spiro atoms. The highest BCUT2D eigenvalue weighted by Gasteiger charge is 2.20. The molecule has 1 atom stereocenters. The third kappa shape index (κ3) is 3.49. The van der Waals surface area contributed by atoms with Gasteiger partial charge in [-0.15, -0.1) is 0 Å². The van der Waals surface area contributed by atoms with Gasteiger partial charge in [0.25, 0.3) is 0 Å². The van der Waals surface area contributed by atoms with Crippen molar-refractivity contribution < 1.29 is 0 Å². The summed E-state index contributed by atoms with van der Waals surface area (Å²) in [6, 6.07) is 8.54. The first kappa shape index (κ1) is 14.8. The Kier molecular flexibility index (Phi) is 5.24. The summed E-state index contributed by atoms with van der Waals surface area (Å²) in [6.07, 6.45) is 2.78. The van der Waals surface area contributed by atoms with Crippen LogP contribution >= 0.6 is 34.2 Å². The molecule has 1 heterocycles. The van der Waals surface area contributed by atoms with E-state index in [0.29, 0.717) is 5.02 Å². The summed E-state index contributed by atoms with van der Waals surface area (Å²) in [5.41, 5.74) is 2.22. The van der Waals surface area contributed by atoms with Gasteiger partial charge in [-0.3, -0.25) is 4.68 Å². The summed E-state index contributed by atoms with van der Waals surface area (Å²) < 4.78 is 3.06. The van der Waals surface area contributed by atoms with E-state index in [1.165, 1.54) is 9.13 Å². The standard InChI is InChI=1S/C14H17ClIN3/c1-3-7-17-13(10-5-4-6-11(16)8-10)14-12(15)9-18-19(14)2/h4-6,8-9,13,17H,3,7H2,1-2H3. The quantitative estimate of drug-likeness (QED) is 0.789. The molecule has 0 saturated heterocycles. The fourth-order valence-corrected chi connectivity index (χ4v) is 2.93. The number of benzene rings is 1. The third-order valence-corrected chi connectivity index (χ3v) is 3.95. The van der Waals surface area contributed by atoms with Gasteiger partial charge in [0.2, 0.25) is 0 Å². The molecule has 0 aliphatic heterocycles. The molecule has 0 amide bonds. The Morgan fingerprint density at radius 1 is 1.47 bits per heavy atom. The predicted octanol–water partition coefficient (Wildman–Crippen LogP) is 3.77. The second-order valence-corrected chi connectivity index (χ2v) is 6.10. The third-order valence-electron chi connectivity index (χ3n) is 2.99. The summed E-state index contributed by atoms with van der Waals surface area (Å²) in [6.45, 7) is 3.10. The van der Waals surface area contributed by atoms with Crippen molar-refractivity contribution in [3.63, 3.8) is 0 Å². The molecule has 0 saturated carbocycles. The number of aryl methyl sites for hydroxylation is 1. The van der Waals surface area contributed by atoms with Crippen molar-refractivity contribution in [3.8, 4) is 0 Å². The van der Waals surface area contributed by atoms with Crippen LogP contribution in [0, 0.1) is 3.57 Å². The second-order valence-electron chi connectivity index (χ2n) is 4.44. The van der Waals surface area contributed by atoms with Gasteiger partial charge < -0.3 is 5.32 Å². The Balaban J connectivity index is 2.41. The van der Waals surface area contributed by atoms with Gasteiger partial charge in [0.15, 0.2) is 0 Å². The number of rotatable bonds is 5. The lowest BCUT2D eigenvalue weighted by atomic mass is 10.0. The molecule has 1 aromatic heterocycles. The molecule has 2 rings (SSSR count). The maximum absolute atomic E-state index is 6.28. The summed E-state index contributed by atoms with van der Waals surface area (Å²) in [4.78, 5) is 0. The molecule has 3 nitrogen and oxygen atoms in total. The largest absolute Gasteiger partial charge is 0.305 e. The molecule has 1 unspecified atom stereocenters. The van der Waals surface area contributed by atoms with Crippen molar-refractivity contribution in [3.05, 3.63) is 50.3 Å². The highest BCUT2D eigenvalue weighted by Crippen LogP contribution is 2.28. The summed E-state index contributed by atoms with van der Waals surface area (Å²) >= 11 is 8.61. The molecule has 0 radical (unpaired) electrons. The molecule has 0 aliphatic carbocycles. The highest BCUT2D eigenvalue weighted by atomic mass is 127. The first-order chi connectivity index (χ1) is 9.13. The molecule has 1 N–H and O–H groups in total. The van der Waals surface area contributed by atoms with E-state index in [1.54, 1.807) is 6.20 Å². The van der Waals surface area contributed by atoms with E-state index >= 15 is 0 Å². The topological polar surface area (TPSA) is 29.9 Å². The van der Waals surface area contributed by atoms with E-state index in [4.69, 9.17) is 11.6 Å². The molecule has 102 valence electrons. The molecule has 0 fully saturated rings. The Morgan fingerprint density at radius 2 is 2.26 bits per heavy atom. The zero-order valence-electron chi connectivity index (χ0n) is 11.0. The Hall–Kier alpha value is -0.590. The van der Waals surface area contributed by atoms with Crippen molar-refractivity contribution in [2.75, 3.05) is 6.54 Å². The second kappa shape index (κ2) is 6.72. The van der Waals surface area contributed by atoms with Crippen molar-refractivity contribution in [2.45, 2.75) is 19.4 Å². The molecule has 19 heavy (non-hydrogen) atoms. The van der Waals surface area contributed by atoms with E-state index in [1.807, 2.05) is 11.7 Å². The van der Waals surface area contributed by atoms with E-state index in [9.17, 15) is 0 Å². The highest BCUT2D eigenvalue weighted by molar-refractivity contribution is 14.1. The molecule has 0 aliphatic rings. The molecule has 0 bridgehead atoms. The Morgan fingerprint density at radius 3 is 2.84 bits per heavy atom. The summed E-state index contributed by atoms with van der Waals surface area (Å²) in [5, 5.41) is 8.49. The maximum Gasteiger partial charge on any atom is 0.0837 e. The van der Waals surface area contributed by atoms with Gasteiger partial charge in [0.1, 0.15) is 0 Å². The summed E-state index contributed by atoms with van der Waals surface area (Å²) in [7, 11) is 1.93. The lowest BCUT2D eigenvalue weighted by Crippen LogP contribution is -2.25. The fourth-order valence-electron chi connectivity index (χ4n) is 2.09. The molecule has 2 aromatic rings. The molecular weight excluding hydrogens is 373 g/mol. The molecular formula is C14H17ClIN3. The minimum absolute atomic E-state index is 0.0784. The van der Waals surface area contributed by atoms with Crippen LogP contribution in [0.1, 0.15) is 30.6 Å². The number of nitrogens with zero attached hydrogens (tertiary/aromatic N) is 2. The number of aromatic nitrogens is 2. The first-order valence-corrected chi connectivity index (χ1v) is 7.75. The van der Waals surface area contributed by atoms with Crippen LogP contribution in [0.5, 0.6) is 0 Å². The predicted molar refractivity (Wildman–Crippen MR) is 87.5 cm³/mol. The normalized spacial score (nSPS) is 12.6. The summed E-state index contributed by atoms with van der Waals surface area (Å²) in [5.74, 6) is 0. The minimum Gasteiger partial charge on any atom is -0.305 e. The van der Waals surface area contributed by atoms with E-state index in [-0.39, 0.29) is 6.04 Å². The van der Waals surface area contributed by atoms with Crippen molar-refractivity contribution >= 4 is 34.2 Å². The average molecular weight is 390 g/mol. The van der Waals surface area contributed by atoms with E-state index in [2.05, 4.69) is 64.2 Å². The number of hydrogen-bond donors (Lipinski definition) is 1. The van der Waals surface area contributed by atoms with Crippen LogP contribution in [0.25, 0.3) is 0 Å². The van der Waals surface area contributed by atoms with Crippen molar-refractivity contribution in [1.29, 1.82) is 0 Å². The lowest BCUT2D eigenvalue weighted by Gasteiger charge is -2.20. The van der Waals surface area contributed by atoms with E-state index in [0.717, 1.165) is 18.7 Å². The SMILES string of the molecule is CCCNC(c1cccc(I)c1)c1c(Cl)cnn1C. The van der Waals surface area contributed by atoms with Crippen LogP contribution in [0.3, 0.4) is 0 Å². The van der Waals surface area contributed by atoms with Crippen LogP contribution in [0.15, 0.2) is 30.5 Å². The van der Waals surface area contributed by atoms with Gasteiger partial charge >= 0.3 is 0 Å². The average Bonchev–Trinajstić information content (AvgIpc) is 2.71. The molecule has 5 heteroatoms. The van der Waals surface area contributed by atoms with Crippen molar-refractivity contribution in [2.24, 2.45) is 7.05 Å². The van der Waals surface area contributed by atoms with Crippen LogP contribution < -0.4 is 5.32 Å². The van der Waals surface area contributed by atoms with Gasteiger partial charge in [-0.2, -0.15) is 5.10 Å². The molecule has 1 aromatic carbocycles. The number of hydrogen-bond acceptors (Lipinski definition) is 2. The number of nitrogens with one attached hydrogen (secondary N) is 1. The van der Waals surface area contributed by atoms with Crippen LogP contribution in [-0.4, -0.2) is 16.3 Å². The van der Waals surface area contributed by atoms with E-state index < -0.39 is 0 Å². The van der Waals surface area contributed by atoms with Gasteiger partial charge in [-0.1, -0.05) is 30.7 Å². The first-order valence-electron chi connectivity index (χ1n) is 6.29. The van der Waals surface area contributed by atoms with Crippen LogP contribution in [0.4, 0.5) is 0 Å². The Labute approximate surface area is 132 Å². The van der Waals surface area contributed by atoms with Gasteiger partial charge in [0, 0.05) is 10.6 Å². The van der Waals surface area contributed by atoms with Crippen molar-refractivity contribution in [1.82, 2.24) is 15.1 Å². The van der Waals surface area contributed by atoms with Crippen LogP contribution in [0.2, 0.25) is 5.02 Å². The van der Waals surface area contributed by atoms with Gasteiger partial charge in [0.05, 0.1) is 23.0 Å². The fraction of sp³-hybridized carbons (Fsp3) is 0.357. The zero-order valence-corrected chi connectivity index (χ0v) is 13.9. The van der Waals surface area contributed by atoms with Crippen LogP contribution in [-0.2, 0) is 7.05 Å². The van der Waals surface area contributed by atoms with Gasteiger partial charge in [-0.25, -0.2) is 0 Å². The lowest BCUT2D eigenvalue weighted by molar-refractivity contribution is 0.553. The monoisotopic (exact) mass is 389 g/mol. The van der Waals surface area contributed by atoms with Gasteiger partial charge in [-0.05, 0) is 53.3 Å². The minimum atomic E-state index is 0.0784. The Bertz CT molecular complexity index is 534. The zero-order chi connectivity index (χ0) is 13.8. The smallest absolute Gasteiger partial charge is 0.0837 e.